The second kappa shape index (κ2) is 8.57. The number of anilines is 1. The molecular weight excluding hydrogens is 364 g/mol. The molecule has 0 radical (unpaired) electrons. The standard InChI is InChI=1S/C23H26N4O2/c1-27-12-9-18(10-13-27)25-22-14-21(26-20-8-11-24-15-19(20)22)17-5-2-16(3-6-17)4-7-23(28)29/h2-3,5-6,8,11,14-15,18H,4,7,9-10,12-13H2,1H3,(H,25,26)(H,28,29). The number of carboxylic acids is 1. The molecule has 1 fully saturated rings. The van der Waals surface area contributed by atoms with Gasteiger partial charge in [0.2, 0.25) is 0 Å². The molecule has 0 aliphatic carbocycles. The number of piperidine rings is 1. The SMILES string of the molecule is CN1CCC(Nc2cc(-c3ccc(CCC(=O)O)cc3)nc3ccncc23)CC1. The molecule has 1 aromatic carbocycles. The van der Waals surface area contributed by atoms with Crippen LogP contribution in [-0.4, -0.2) is 52.1 Å². The zero-order valence-corrected chi connectivity index (χ0v) is 16.6. The number of aromatic nitrogens is 2. The predicted molar refractivity (Wildman–Crippen MR) is 115 cm³/mol. The molecular formula is C23H26N4O2. The number of aliphatic carboxylic acids is 1. The molecule has 150 valence electrons. The molecule has 6 heteroatoms. The zero-order chi connectivity index (χ0) is 20.2. The number of benzene rings is 1. The lowest BCUT2D eigenvalue weighted by Gasteiger charge is -2.30. The fourth-order valence-electron chi connectivity index (χ4n) is 3.80. The van der Waals surface area contributed by atoms with Gasteiger partial charge in [0, 0.05) is 41.5 Å². The normalized spacial score (nSPS) is 15.5. The maximum Gasteiger partial charge on any atom is 0.303 e. The first-order valence-electron chi connectivity index (χ1n) is 10.1. The van der Waals surface area contributed by atoms with Crippen LogP contribution in [0.25, 0.3) is 22.2 Å². The van der Waals surface area contributed by atoms with Crippen LogP contribution in [0.2, 0.25) is 0 Å². The van der Waals surface area contributed by atoms with Crippen molar-refractivity contribution in [3.05, 3.63) is 54.4 Å². The first-order valence-corrected chi connectivity index (χ1v) is 10.1. The van der Waals surface area contributed by atoms with E-state index in [9.17, 15) is 4.79 Å². The average molecular weight is 390 g/mol. The van der Waals surface area contributed by atoms with Gasteiger partial charge in [-0.2, -0.15) is 0 Å². The van der Waals surface area contributed by atoms with Crippen molar-refractivity contribution in [3.63, 3.8) is 0 Å². The van der Waals surface area contributed by atoms with E-state index in [4.69, 9.17) is 10.1 Å². The largest absolute Gasteiger partial charge is 0.481 e. The molecule has 3 aromatic rings. The predicted octanol–water partition coefficient (Wildman–Crippen LogP) is 3.82. The third kappa shape index (κ3) is 4.71. The molecule has 1 aliphatic heterocycles. The summed E-state index contributed by atoms with van der Waals surface area (Å²) in [4.78, 5) is 22.3. The number of nitrogens with one attached hydrogen (secondary N) is 1. The van der Waals surface area contributed by atoms with E-state index in [0.29, 0.717) is 12.5 Å². The minimum absolute atomic E-state index is 0.144. The Bertz CT molecular complexity index is 995. The summed E-state index contributed by atoms with van der Waals surface area (Å²) in [5.74, 6) is -0.775. The highest BCUT2D eigenvalue weighted by molar-refractivity contribution is 5.93. The number of aryl methyl sites for hydroxylation is 1. The van der Waals surface area contributed by atoms with Crippen molar-refractivity contribution in [2.24, 2.45) is 0 Å². The second-order valence-electron chi connectivity index (χ2n) is 7.76. The van der Waals surface area contributed by atoms with Crippen LogP contribution >= 0.6 is 0 Å². The van der Waals surface area contributed by atoms with E-state index in [2.05, 4.69) is 28.3 Å². The van der Waals surface area contributed by atoms with E-state index in [1.165, 1.54) is 0 Å². The van der Waals surface area contributed by atoms with Gasteiger partial charge in [-0.25, -0.2) is 4.98 Å². The third-order valence-corrected chi connectivity index (χ3v) is 5.57. The fourth-order valence-corrected chi connectivity index (χ4v) is 3.80. The zero-order valence-electron chi connectivity index (χ0n) is 16.6. The number of rotatable bonds is 6. The van der Waals surface area contributed by atoms with Crippen LogP contribution in [0.15, 0.2) is 48.8 Å². The van der Waals surface area contributed by atoms with E-state index in [-0.39, 0.29) is 6.42 Å². The van der Waals surface area contributed by atoms with Gasteiger partial charge in [-0.05, 0) is 57.1 Å². The van der Waals surface area contributed by atoms with E-state index in [1.807, 2.05) is 36.5 Å². The van der Waals surface area contributed by atoms with Gasteiger partial charge in [-0.1, -0.05) is 24.3 Å². The third-order valence-electron chi connectivity index (χ3n) is 5.57. The Kier molecular flexibility index (Phi) is 5.71. The van der Waals surface area contributed by atoms with Crippen molar-refractivity contribution >= 4 is 22.6 Å². The van der Waals surface area contributed by atoms with Gasteiger partial charge in [0.1, 0.15) is 0 Å². The first-order chi connectivity index (χ1) is 14.1. The summed E-state index contributed by atoms with van der Waals surface area (Å²) in [7, 11) is 2.17. The summed E-state index contributed by atoms with van der Waals surface area (Å²) in [5.41, 5.74) is 4.94. The number of nitrogens with zero attached hydrogens (tertiary/aromatic N) is 3. The molecule has 29 heavy (non-hydrogen) atoms. The summed E-state index contributed by atoms with van der Waals surface area (Å²) in [6.07, 6.45) is 6.56. The van der Waals surface area contributed by atoms with Crippen molar-refractivity contribution in [1.29, 1.82) is 0 Å². The number of carbonyl (C=O) groups is 1. The molecule has 0 atom stereocenters. The Balaban J connectivity index is 1.62. The Morgan fingerprint density at radius 3 is 2.69 bits per heavy atom. The minimum Gasteiger partial charge on any atom is -0.481 e. The molecule has 0 unspecified atom stereocenters. The lowest BCUT2D eigenvalue weighted by molar-refractivity contribution is -0.136. The van der Waals surface area contributed by atoms with E-state index < -0.39 is 5.97 Å². The molecule has 4 rings (SSSR count). The topological polar surface area (TPSA) is 78.4 Å². The van der Waals surface area contributed by atoms with E-state index >= 15 is 0 Å². The molecule has 0 amide bonds. The Morgan fingerprint density at radius 1 is 1.21 bits per heavy atom. The van der Waals surface area contributed by atoms with Gasteiger partial charge < -0.3 is 15.3 Å². The summed E-state index contributed by atoms with van der Waals surface area (Å²) in [6, 6.07) is 12.5. The second-order valence-corrected chi connectivity index (χ2v) is 7.76. The molecule has 1 saturated heterocycles. The van der Waals surface area contributed by atoms with Crippen LogP contribution in [-0.2, 0) is 11.2 Å². The lowest BCUT2D eigenvalue weighted by Crippen LogP contribution is -2.36. The average Bonchev–Trinajstić information content (AvgIpc) is 2.74. The molecule has 1 aliphatic rings. The maximum absolute atomic E-state index is 10.8. The molecule has 0 bridgehead atoms. The van der Waals surface area contributed by atoms with Crippen LogP contribution in [0.4, 0.5) is 5.69 Å². The highest BCUT2D eigenvalue weighted by atomic mass is 16.4. The molecule has 3 heterocycles. The Labute approximate surface area is 170 Å². The monoisotopic (exact) mass is 390 g/mol. The smallest absolute Gasteiger partial charge is 0.303 e. The molecule has 2 N–H and O–H groups in total. The summed E-state index contributed by atoms with van der Waals surface area (Å²) in [5, 5.41) is 13.6. The van der Waals surface area contributed by atoms with Crippen molar-refractivity contribution in [1.82, 2.24) is 14.9 Å². The van der Waals surface area contributed by atoms with Crippen molar-refractivity contribution in [2.45, 2.75) is 31.7 Å². The fraction of sp³-hybridized carbons (Fsp3) is 0.348. The van der Waals surface area contributed by atoms with Gasteiger partial charge in [0.25, 0.3) is 0 Å². The van der Waals surface area contributed by atoms with E-state index in [1.54, 1.807) is 6.20 Å². The lowest BCUT2D eigenvalue weighted by atomic mass is 10.0. The van der Waals surface area contributed by atoms with Crippen LogP contribution in [0.3, 0.4) is 0 Å². The van der Waals surface area contributed by atoms with Crippen molar-refractivity contribution in [2.75, 3.05) is 25.5 Å². The Morgan fingerprint density at radius 2 is 1.97 bits per heavy atom. The quantitative estimate of drug-likeness (QED) is 0.666. The summed E-state index contributed by atoms with van der Waals surface area (Å²) >= 11 is 0. The van der Waals surface area contributed by atoms with Gasteiger partial charge in [-0.15, -0.1) is 0 Å². The van der Waals surface area contributed by atoms with Gasteiger partial charge in [0.05, 0.1) is 11.2 Å². The summed E-state index contributed by atoms with van der Waals surface area (Å²) < 4.78 is 0. The van der Waals surface area contributed by atoms with Crippen LogP contribution < -0.4 is 5.32 Å². The van der Waals surface area contributed by atoms with Crippen LogP contribution in [0, 0.1) is 0 Å². The summed E-state index contributed by atoms with van der Waals surface area (Å²) in [6.45, 7) is 2.20. The highest BCUT2D eigenvalue weighted by Gasteiger charge is 2.18. The number of pyridine rings is 2. The van der Waals surface area contributed by atoms with Gasteiger partial charge in [0.15, 0.2) is 0 Å². The number of hydrogen-bond acceptors (Lipinski definition) is 5. The number of fused-ring (bicyclic) bond motifs is 1. The molecule has 0 spiro atoms. The van der Waals surface area contributed by atoms with Gasteiger partial charge >= 0.3 is 5.97 Å². The first kappa shape index (κ1) is 19.3. The minimum atomic E-state index is -0.775. The number of likely N-dealkylation sites (tertiary alicyclic amines) is 1. The van der Waals surface area contributed by atoms with Crippen molar-refractivity contribution < 1.29 is 9.90 Å². The highest BCUT2D eigenvalue weighted by Crippen LogP contribution is 2.29. The molecule has 6 nitrogen and oxygen atoms in total. The Hall–Kier alpha value is -2.99. The number of hydrogen-bond donors (Lipinski definition) is 2. The number of carboxylic acid groups (broad SMARTS) is 1. The molecule has 0 saturated carbocycles. The molecule has 2 aromatic heterocycles. The maximum atomic E-state index is 10.8. The van der Waals surface area contributed by atoms with Crippen LogP contribution in [0.5, 0.6) is 0 Å². The van der Waals surface area contributed by atoms with Crippen molar-refractivity contribution in [3.8, 4) is 11.3 Å². The van der Waals surface area contributed by atoms with Gasteiger partial charge in [-0.3, -0.25) is 9.78 Å². The van der Waals surface area contributed by atoms with E-state index in [0.717, 1.165) is 59.3 Å². The van der Waals surface area contributed by atoms with Crippen LogP contribution in [0.1, 0.15) is 24.8 Å².